The first-order valence-corrected chi connectivity index (χ1v) is 2.86. The highest BCUT2D eigenvalue weighted by molar-refractivity contribution is 5.83. The molecule has 0 aliphatic heterocycles. The van der Waals surface area contributed by atoms with E-state index >= 15 is 0 Å². The summed E-state index contributed by atoms with van der Waals surface area (Å²) >= 11 is 0. The van der Waals surface area contributed by atoms with Crippen LogP contribution in [0.3, 0.4) is 0 Å². The smallest absolute Gasteiger partial charge is 0.303 e. The Labute approximate surface area is 62.2 Å². The summed E-state index contributed by atoms with van der Waals surface area (Å²) in [5, 5.41) is 8.08. The van der Waals surface area contributed by atoms with Crippen LogP contribution in [0.1, 0.15) is 12.8 Å². The number of halogens is 1. The van der Waals surface area contributed by atoms with Gasteiger partial charge in [-0.2, -0.15) is 0 Å². The summed E-state index contributed by atoms with van der Waals surface area (Å²) in [6.45, 7) is 0. The summed E-state index contributed by atoms with van der Waals surface area (Å²) < 4.78 is 12.6. The van der Waals surface area contributed by atoms with E-state index in [0.29, 0.717) is 0 Å². The van der Waals surface area contributed by atoms with Crippen molar-refractivity contribution < 1.29 is 19.1 Å². The molecule has 0 aliphatic carbocycles. The van der Waals surface area contributed by atoms with E-state index in [1.807, 2.05) is 0 Å². The molecule has 0 bridgehead atoms. The highest BCUT2D eigenvalue weighted by Gasteiger charge is 2.31. The van der Waals surface area contributed by atoms with Crippen molar-refractivity contribution in [3.63, 3.8) is 0 Å². The van der Waals surface area contributed by atoms with Crippen LogP contribution in [0, 0.1) is 0 Å². The molecule has 0 rings (SSSR count). The number of carboxylic acids is 1. The highest BCUT2D eigenvalue weighted by Crippen LogP contribution is 2.09. The van der Waals surface area contributed by atoms with Crippen LogP contribution in [0.15, 0.2) is 0 Å². The molecule has 5 nitrogen and oxygen atoms in total. The maximum Gasteiger partial charge on any atom is 0.303 e. The van der Waals surface area contributed by atoms with Crippen LogP contribution in [0.2, 0.25) is 0 Å². The Morgan fingerprint density at radius 3 is 2.27 bits per heavy atom. The lowest BCUT2D eigenvalue weighted by Gasteiger charge is -2.13. The second kappa shape index (κ2) is 3.29. The topological polar surface area (TPSA) is 106 Å². The number of carboxylic acid groups (broad SMARTS) is 1. The highest BCUT2D eigenvalue weighted by atomic mass is 19.1. The minimum Gasteiger partial charge on any atom is -0.481 e. The first-order valence-electron chi connectivity index (χ1n) is 2.86. The molecule has 0 aromatic heterocycles. The van der Waals surface area contributed by atoms with Gasteiger partial charge >= 0.3 is 5.97 Å². The van der Waals surface area contributed by atoms with Crippen LogP contribution in [-0.4, -0.2) is 22.8 Å². The van der Waals surface area contributed by atoms with Gasteiger partial charge in [0, 0.05) is 6.42 Å². The molecule has 64 valence electrons. The minimum atomic E-state index is -2.71. The van der Waals surface area contributed by atoms with Gasteiger partial charge in [-0.3, -0.25) is 15.3 Å². The Kier molecular flexibility index (Phi) is 2.94. The van der Waals surface area contributed by atoms with E-state index in [0.717, 1.165) is 0 Å². The van der Waals surface area contributed by atoms with Crippen LogP contribution in [0.25, 0.3) is 0 Å². The third-order valence-corrected chi connectivity index (χ3v) is 1.11. The predicted octanol–water partition coefficient (Wildman–Crippen LogP) is -1.04. The first-order chi connectivity index (χ1) is 4.86. The number of hydrogen-bond donors (Lipinski definition) is 3. The van der Waals surface area contributed by atoms with Crippen molar-refractivity contribution >= 4 is 11.9 Å². The fourth-order valence-corrected chi connectivity index (χ4v) is 0.412. The van der Waals surface area contributed by atoms with Crippen molar-refractivity contribution in [1.29, 1.82) is 0 Å². The lowest BCUT2D eigenvalue weighted by atomic mass is 10.1. The molecular weight excluding hydrogens is 155 g/mol. The van der Waals surface area contributed by atoms with Crippen LogP contribution in [-0.2, 0) is 9.59 Å². The molecule has 0 radical (unpaired) electrons. The average Bonchev–Trinajstić information content (AvgIpc) is 1.84. The zero-order valence-electron chi connectivity index (χ0n) is 5.71. The molecule has 11 heavy (non-hydrogen) atoms. The van der Waals surface area contributed by atoms with Crippen molar-refractivity contribution in [3.8, 4) is 0 Å². The maximum absolute atomic E-state index is 12.6. The Hall–Kier alpha value is -1.17. The fraction of sp³-hybridized carbons (Fsp3) is 0.600. The van der Waals surface area contributed by atoms with Crippen LogP contribution < -0.4 is 11.5 Å². The van der Waals surface area contributed by atoms with E-state index < -0.39 is 30.5 Å². The lowest BCUT2D eigenvalue weighted by molar-refractivity contribution is -0.139. The SMILES string of the molecule is NC(=O)[C@](N)(F)CCC(=O)O. The van der Waals surface area contributed by atoms with Gasteiger partial charge in [-0.15, -0.1) is 0 Å². The molecule has 0 fully saturated rings. The van der Waals surface area contributed by atoms with Gasteiger partial charge in [0.15, 0.2) is 0 Å². The van der Waals surface area contributed by atoms with E-state index in [9.17, 15) is 14.0 Å². The largest absolute Gasteiger partial charge is 0.481 e. The second-order valence-corrected chi connectivity index (χ2v) is 2.12. The Balaban J connectivity index is 3.92. The van der Waals surface area contributed by atoms with Crippen molar-refractivity contribution in [1.82, 2.24) is 0 Å². The molecule has 5 N–H and O–H groups in total. The quantitative estimate of drug-likeness (QED) is 0.461. The van der Waals surface area contributed by atoms with E-state index in [-0.39, 0.29) is 0 Å². The molecule has 0 aromatic carbocycles. The summed E-state index contributed by atoms with van der Waals surface area (Å²) in [5.74, 6) is -5.28. The Morgan fingerprint density at radius 2 is 2.00 bits per heavy atom. The number of aliphatic carboxylic acids is 1. The van der Waals surface area contributed by atoms with Crippen molar-refractivity contribution in [3.05, 3.63) is 0 Å². The summed E-state index contributed by atoms with van der Waals surface area (Å²) in [5.41, 5.74) is 9.23. The zero-order chi connectivity index (χ0) is 9.07. The predicted molar refractivity (Wildman–Crippen MR) is 34.1 cm³/mol. The maximum atomic E-state index is 12.6. The summed E-state index contributed by atoms with van der Waals surface area (Å²) in [6.07, 6.45) is -1.12. The standard InChI is InChI=1S/C5H9FN2O3/c6-5(8,4(7)11)2-1-3(9)10/h1-2,8H2,(H2,7,11)(H,9,10)/t5-/m0/s1. The fourth-order valence-electron chi connectivity index (χ4n) is 0.412. The van der Waals surface area contributed by atoms with Crippen molar-refractivity contribution in [2.45, 2.75) is 18.6 Å². The van der Waals surface area contributed by atoms with Gasteiger partial charge in [0.25, 0.3) is 5.91 Å². The normalized spacial score (nSPS) is 15.5. The number of rotatable bonds is 4. The van der Waals surface area contributed by atoms with Gasteiger partial charge in [-0.25, -0.2) is 4.39 Å². The van der Waals surface area contributed by atoms with Crippen LogP contribution in [0.4, 0.5) is 4.39 Å². The molecule has 0 heterocycles. The number of carbonyl (C=O) groups is 2. The molecule has 0 saturated heterocycles. The summed E-state index contributed by atoms with van der Waals surface area (Å²) in [4.78, 5) is 20.1. The van der Waals surface area contributed by atoms with Crippen molar-refractivity contribution in [2.24, 2.45) is 11.5 Å². The minimum absolute atomic E-state index is 0.518. The number of nitrogens with two attached hydrogens (primary N) is 2. The molecule has 0 unspecified atom stereocenters. The molecule has 0 spiro atoms. The van der Waals surface area contributed by atoms with E-state index in [2.05, 4.69) is 5.73 Å². The monoisotopic (exact) mass is 164 g/mol. The van der Waals surface area contributed by atoms with E-state index in [1.54, 1.807) is 0 Å². The van der Waals surface area contributed by atoms with Crippen LogP contribution in [0.5, 0.6) is 0 Å². The second-order valence-electron chi connectivity index (χ2n) is 2.12. The molecule has 0 aliphatic rings. The molecule has 1 atom stereocenters. The lowest BCUT2D eigenvalue weighted by Crippen LogP contribution is -2.48. The first kappa shape index (κ1) is 9.83. The van der Waals surface area contributed by atoms with Gasteiger partial charge in [0.1, 0.15) is 0 Å². The van der Waals surface area contributed by atoms with Crippen molar-refractivity contribution in [2.75, 3.05) is 0 Å². The summed E-state index contributed by atoms with van der Waals surface area (Å²) in [6, 6.07) is 0. The van der Waals surface area contributed by atoms with Gasteiger partial charge < -0.3 is 10.8 Å². The zero-order valence-corrected chi connectivity index (χ0v) is 5.71. The molecule has 6 heteroatoms. The third-order valence-electron chi connectivity index (χ3n) is 1.11. The van der Waals surface area contributed by atoms with Gasteiger partial charge in [-0.05, 0) is 0 Å². The van der Waals surface area contributed by atoms with Gasteiger partial charge in [0.05, 0.1) is 6.42 Å². The van der Waals surface area contributed by atoms with Gasteiger partial charge in [-0.1, -0.05) is 0 Å². The molecule has 0 saturated carbocycles. The van der Waals surface area contributed by atoms with E-state index in [1.165, 1.54) is 0 Å². The molecule has 0 aromatic rings. The van der Waals surface area contributed by atoms with Gasteiger partial charge in [0.2, 0.25) is 5.79 Å². The summed E-state index contributed by atoms with van der Waals surface area (Å²) in [7, 11) is 0. The Morgan fingerprint density at radius 1 is 1.55 bits per heavy atom. The third kappa shape index (κ3) is 3.51. The molecular formula is C5H9FN2O3. The number of primary amides is 1. The number of hydrogen-bond acceptors (Lipinski definition) is 3. The number of amides is 1. The number of alkyl halides is 1. The van der Waals surface area contributed by atoms with E-state index in [4.69, 9.17) is 10.8 Å². The average molecular weight is 164 g/mol. The molecule has 1 amide bonds. The Bertz CT molecular complexity index is 181. The van der Waals surface area contributed by atoms with Crippen LogP contribution >= 0.6 is 0 Å². The number of carbonyl (C=O) groups excluding carboxylic acids is 1.